The molecular formula is C20H28N2O5. The van der Waals surface area contributed by atoms with Crippen LogP contribution in [0.2, 0.25) is 0 Å². The molecule has 0 saturated heterocycles. The Hall–Kier alpha value is -2.44. The summed E-state index contributed by atoms with van der Waals surface area (Å²) in [5.41, 5.74) is -0.246. The number of hydrogen-bond donors (Lipinski definition) is 1. The summed E-state index contributed by atoms with van der Waals surface area (Å²) in [4.78, 5) is 33.6. The number of nitro benzene ring substituents is 1. The van der Waals surface area contributed by atoms with Crippen LogP contribution >= 0.6 is 0 Å². The molecule has 1 aliphatic rings. The second-order valence-electron chi connectivity index (χ2n) is 7.07. The molecule has 2 rings (SSSR count). The Labute approximate surface area is 159 Å². The normalized spacial score (nSPS) is 15.3. The predicted octanol–water partition coefficient (Wildman–Crippen LogP) is 4.18. The number of rotatable bonds is 11. The molecule has 0 radical (unpaired) electrons. The smallest absolute Gasteiger partial charge is 0.283 e. The number of aldehydes is 1. The van der Waals surface area contributed by atoms with E-state index in [1.54, 1.807) is 6.07 Å². The molecule has 0 bridgehead atoms. The average Bonchev–Trinajstić information content (AvgIpc) is 3.16. The van der Waals surface area contributed by atoms with Crippen molar-refractivity contribution in [1.29, 1.82) is 0 Å². The third-order valence-corrected chi connectivity index (χ3v) is 4.92. The van der Waals surface area contributed by atoms with Gasteiger partial charge in [-0.25, -0.2) is 0 Å². The van der Waals surface area contributed by atoms with Gasteiger partial charge in [-0.15, -0.1) is 0 Å². The SMILES string of the molecule is CCCCC(CCC(=O)NC1CCCC1)Oc1ccc(C=O)c([N+](=O)[O-])c1. The Morgan fingerprint density at radius 2 is 2.11 bits per heavy atom. The molecule has 0 aromatic heterocycles. The molecular weight excluding hydrogens is 348 g/mol. The van der Waals surface area contributed by atoms with E-state index in [-0.39, 0.29) is 23.3 Å². The predicted molar refractivity (Wildman–Crippen MR) is 102 cm³/mol. The standard InChI is InChI=1S/C20H28N2O5/c1-2-3-8-17(11-12-20(24)21-16-6-4-5-7-16)27-18-10-9-15(14-23)19(13-18)22(25)26/h9-10,13-14,16-17H,2-8,11-12H2,1H3,(H,21,24). The average molecular weight is 376 g/mol. The Bertz CT molecular complexity index is 656. The molecule has 0 heterocycles. The number of carbonyl (C=O) groups excluding carboxylic acids is 2. The van der Waals surface area contributed by atoms with Gasteiger partial charge in [-0.3, -0.25) is 19.7 Å². The van der Waals surface area contributed by atoms with Gasteiger partial charge in [-0.2, -0.15) is 0 Å². The molecule has 0 aliphatic heterocycles. The molecule has 1 aromatic rings. The van der Waals surface area contributed by atoms with Crippen LogP contribution in [-0.2, 0) is 4.79 Å². The number of nitro groups is 1. The zero-order valence-corrected chi connectivity index (χ0v) is 15.8. The second kappa shape index (κ2) is 10.6. The van der Waals surface area contributed by atoms with E-state index >= 15 is 0 Å². The van der Waals surface area contributed by atoms with Crippen molar-refractivity contribution in [1.82, 2.24) is 5.32 Å². The third-order valence-electron chi connectivity index (χ3n) is 4.92. The van der Waals surface area contributed by atoms with Gasteiger partial charge in [0.2, 0.25) is 5.91 Å². The molecule has 148 valence electrons. The van der Waals surface area contributed by atoms with Crippen molar-refractivity contribution < 1.29 is 19.2 Å². The van der Waals surface area contributed by atoms with Crippen LogP contribution in [0.3, 0.4) is 0 Å². The fraction of sp³-hybridized carbons (Fsp3) is 0.600. The molecule has 1 saturated carbocycles. The summed E-state index contributed by atoms with van der Waals surface area (Å²) in [6, 6.07) is 4.53. The first-order valence-electron chi connectivity index (χ1n) is 9.73. The minimum atomic E-state index is -0.591. The lowest BCUT2D eigenvalue weighted by atomic mass is 10.1. The number of unbranched alkanes of at least 4 members (excludes halogenated alkanes) is 1. The summed E-state index contributed by atoms with van der Waals surface area (Å²) in [7, 11) is 0. The van der Waals surface area contributed by atoms with Crippen molar-refractivity contribution in [3.63, 3.8) is 0 Å². The molecule has 27 heavy (non-hydrogen) atoms. The van der Waals surface area contributed by atoms with Crippen molar-refractivity contribution in [2.75, 3.05) is 0 Å². The van der Waals surface area contributed by atoms with Crippen LogP contribution in [0, 0.1) is 10.1 Å². The van der Waals surface area contributed by atoms with Gasteiger partial charge < -0.3 is 10.1 Å². The Morgan fingerprint density at radius 3 is 2.74 bits per heavy atom. The highest BCUT2D eigenvalue weighted by molar-refractivity contribution is 5.81. The fourth-order valence-corrected chi connectivity index (χ4v) is 3.40. The van der Waals surface area contributed by atoms with Crippen molar-refractivity contribution in [2.45, 2.75) is 76.9 Å². The highest BCUT2D eigenvalue weighted by atomic mass is 16.6. The lowest BCUT2D eigenvalue weighted by molar-refractivity contribution is -0.385. The summed E-state index contributed by atoms with van der Waals surface area (Å²) in [6.07, 6.45) is 8.36. The maximum absolute atomic E-state index is 12.2. The first-order chi connectivity index (χ1) is 13.0. The van der Waals surface area contributed by atoms with Crippen LogP contribution in [0.15, 0.2) is 18.2 Å². The third kappa shape index (κ3) is 6.66. The molecule has 7 heteroatoms. The van der Waals surface area contributed by atoms with E-state index in [2.05, 4.69) is 12.2 Å². The van der Waals surface area contributed by atoms with E-state index in [1.807, 2.05) is 0 Å². The minimum Gasteiger partial charge on any atom is -0.490 e. The first kappa shape index (κ1) is 20.9. The summed E-state index contributed by atoms with van der Waals surface area (Å²) in [5.74, 6) is 0.388. The topological polar surface area (TPSA) is 98.5 Å². The van der Waals surface area contributed by atoms with E-state index in [9.17, 15) is 19.7 Å². The number of carbonyl (C=O) groups is 2. The molecule has 0 spiro atoms. The summed E-state index contributed by atoms with van der Waals surface area (Å²) in [5, 5.41) is 14.2. The van der Waals surface area contributed by atoms with Gasteiger partial charge >= 0.3 is 0 Å². The first-order valence-corrected chi connectivity index (χ1v) is 9.73. The molecule has 1 amide bonds. The van der Waals surface area contributed by atoms with E-state index in [0.29, 0.717) is 30.9 Å². The van der Waals surface area contributed by atoms with Crippen molar-refractivity contribution >= 4 is 17.9 Å². The van der Waals surface area contributed by atoms with E-state index < -0.39 is 4.92 Å². The summed E-state index contributed by atoms with van der Waals surface area (Å²) in [6.45, 7) is 2.08. The van der Waals surface area contributed by atoms with Crippen LogP contribution in [0.25, 0.3) is 0 Å². The van der Waals surface area contributed by atoms with Gasteiger partial charge in [-0.05, 0) is 37.8 Å². The summed E-state index contributed by atoms with van der Waals surface area (Å²) >= 11 is 0. The molecule has 1 unspecified atom stereocenters. The molecule has 1 aromatic carbocycles. The van der Waals surface area contributed by atoms with Crippen LogP contribution in [0.4, 0.5) is 5.69 Å². The Balaban J connectivity index is 1.96. The highest BCUT2D eigenvalue weighted by Gasteiger charge is 2.20. The zero-order chi connectivity index (χ0) is 19.6. The van der Waals surface area contributed by atoms with Gasteiger partial charge in [0.1, 0.15) is 5.75 Å². The number of nitrogens with zero attached hydrogens (tertiary/aromatic N) is 1. The molecule has 1 N–H and O–H groups in total. The monoisotopic (exact) mass is 376 g/mol. The molecule has 1 fully saturated rings. The van der Waals surface area contributed by atoms with E-state index in [0.717, 1.165) is 32.1 Å². The lowest BCUT2D eigenvalue weighted by Crippen LogP contribution is -2.33. The Morgan fingerprint density at radius 1 is 1.37 bits per heavy atom. The van der Waals surface area contributed by atoms with Gasteiger partial charge in [-0.1, -0.05) is 32.6 Å². The largest absolute Gasteiger partial charge is 0.490 e. The van der Waals surface area contributed by atoms with Gasteiger partial charge in [0, 0.05) is 12.5 Å². The molecule has 7 nitrogen and oxygen atoms in total. The number of hydrogen-bond acceptors (Lipinski definition) is 5. The summed E-state index contributed by atoms with van der Waals surface area (Å²) < 4.78 is 5.93. The molecule has 1 aliphatic carbocycles. The number of ether oxygens (including phenoxy) is 1. The van der Waals surface area contributed by atoms with Crippen LogP contribution in [-0.4, -0.2) is 29.3 Å². The fourth-order valence-electron chi connectivity index (χ4n) is 3.40. The second-order valence-corrected chi connectivity index (χ2v) is 7.07. The van der Waals surface area contributed by atoms with Crippen molar-refractivity contribution in [3.05, 3.63) is 33.9 Å². The molecule has 1 atom stereocenters. The highest BCUT2D eigenvalue weighted by Crippen LogP contribution is 2.26. The van der Waals surface area contributed by atoms with E-state index in [4.69, 9.17) is 4.74 Å². The van der Waals surface area contributed by atoms with E-state index in [1.165, 1.54) is 25.0 Å². The lowest BCUT2D eigenvalue weighted by Gasteiger charge is -2.20. The quantitative estimate of drug-likeness (QED) is 0.355. The number of nitrogens with one attached hydrogen (secondary N) is 1. The van der Waals surface area contributed by atoms with Gasteiger partial charge in [0.25, 0.3) is 5.69 Å². The van der Waals surface area contributed by atoms with Crippen LogP contribution < -0.4 is 10.1 Å². The van der Waals surface area contributed by atoms with Crippen molar-refractivity contribution in [3.8, 4) is 5.75 Å². The van der Waals surface area contributed by atoms with Crippen molar-refractivity contribution in [2.24, 2.45) is 0 Å². The minimum absolute atomic E-state index is 0.0217. The number of benzene rings is 1. The van der Waals surface area contributed by atoms with Crippen LogP contribution in [0.1, 0.15) is 75.1 Å². The number of amides is 1. The van der Waals surface area contributed by atoms with Crippen LogP contribution in [0.5, 0.6) is 5.75 Å². The van der Waals surface area contributed by atoms with Gasteiger partial charge in [0.05, 0.1) is 22.7 Å². The maximum Gasteiger partial charge on any atom is 0.283 e. The Kier molecular flexibility index (Phi) is 8.23. The maximum atomic E-state index is 12.2. The zero-order valence-electron chi connectivity index (χ0n) is 15.8. The van der Waals surface area contributed by atoms with Gasteiger partial charge in [0.15, 0.2) is 6.29 Å².